The number of nitrogens with one attached hydrogen (secondary N) is 1. The van der Waals surface area contributed by atoms with Crippen molar-refractivity contribution in [1.29, 1.82) is 0 Å². The number of sulfonamides is 1. The van der Waals surface area contributed by atoms with E-state index >= 15 is 0 Å². The van der Waals surface area contributed by atoms with Gasteiger partial charge in [-0.2, -0.15) is 0 Å². The summed E-state index contributed by atoms with van der Waals surface area (Å²) in [7, 11) is -3.49. The number of amides is 2. The molecule has 0 heterocycles. The Morgan fingerprint density at radius 2 is 1.54 bits per heavy atom. The third-order valence-corrected chi connectivity index (χ3v) is 7.09. The molecule has 35 heavy (non-hydrogen) atoms. The number of rotatable bonds is 15. The molecule has 8 heteroatoms. The largest absolute Gasteiger partial charge is 0.354 e. The molecule has 0 aliphatic rings. The second-order valence-electron chi connectivity index (χ2n) is 8.67. The number of carbonyl (C=O) groups is 2. The van der Waals surface area contributed by atoms with Crippen molar-refractivity contribution in [3.8, 4) is 0 Å². The maximum absolute atomic E-state index is 13.3. The lowest BCUT2D eigenvalue weighted by Gasteiger charge is -2.31. The Balaban J connectivity index is 2.11. The third-order valence-electron chi connectivity index (χ3n) is 5.90. The molecule has 1 atom stereocenters. The summed E-state index contributed by atoms with van der Waals surface area (Å²) >= 11 is 0. The summed E-state index contributed by atoms with van der Waals surface area (Å²) in [4.78, 5) is 27.9. The SMILES string of the molecule is CCCCNC(=O)[C@@H](CC)N(CCc1ccccc1)C(=O)CCCN(c1ccccc1)S(C)(=O)=O. The quantitative estimate of drug-likeness (QED) is 0.374. The summed E-state index contributed by atoms with van der Waals surface area (Å²) in [6.45, 7) is 5.19. The number of unbranched alkanes of at least 4 members (excludes halogenated alkanes) is 1. The highest BCUT2D eigenvalue weighted by molar-refractivity contribution is 7.92. The number of benzene rings is 2. The van der Waals surface area contributed by atoms with Crippen LogP contribution in [-0.2, 0) is 26.0 Å². The second kappa shape index (κ2) is 14.5. The van der Waals surface area contributed by atoms with Gasteiger partial charge in [-0.15, -0.1) is 0 Å². The molecule has 0 unspecified atom stereocenters. The summed E-state index contributed by atoms with van der Waals surface area (Å²) in [6, 6.07) is 18.2. The van der Waals surface area contributed by atoms with Crippen molar-refractivity contribution in [2.45, 2.75) is 58.4 Å². The number of carbonyl (C=O) groups excluding carboxylic acids is 2. The van der Waals surface area contributed by atoms with E-state index in [1.54, 1.807) is 29.2 Å². The minimum atomic E-state index is -3.49. The maximum Gasteiger partial charge on any atom is 0.242 e. The molecule has 0 saturated heterocycles. The first kappa shape index (κ1) is 28.4. The van der Waals surface area contributed by atoms with Gasteiger partial charge < -0.3 is 10.2 Å². The first-order valence-electron chi connectivity index (χ1n) is 12.4. The zero-order chi connectivity index (χ0) is 25.7. The second-order valence-corrected chi connectivity index (χ2v) is 10.6. The van der Waals surface area contributed by atoms with Gasteiger partial charge in [0.25, 0.3) is 0 Å². The third kappa shape index (κ3) is 9.36. The van der Waals surface area contributed by atoms with E-state index in [0.29, 0.717) is 38.0 Å². The number of hydrogen-bond donors (Lipinski definition) is 1. The molecule has 0 aromatic heterocycles. The number of anilines is 1. The van der Waals surface area contributed by atoms with Crippen molar-refractivity contribution in [2.24, 2.45) is 0 Å². The van der Waals surface area contributed by atoms with Gasteiger partial charge in [-0.25, -0.2) is 8.42 Å². The van der Waals surface area contributed by atoms with Crippen LogP contribution in [0.25, 0.3) is 0 Å². The highest BCUT2D eigenvalue weighted by Gasteiger charge is 2.28. The van der Waals surface area contributed by atoms with Crippen LogP contribution in [0.5, 0.6) is 0 Å². The Labute approximate surface area is 210 Å². The summed E-state index contributed by atoms with van der Waals surface area (Å²) in [5, 5.41) is 2.96. The first-order chi connectivity index (χ1) is 16.8. The van der Waals surface area contributed by atoms with E-state index in [1.807, 2.05) is 43.3 Å². The summed E-state index contributed by atoms with van der Waals surface area (Å²) in [6.07, 6.45) is 4.71. The summed E-state index contributed by atoms with van der Waals surface area (Å²) < 4.78 is 26.0. The Morgan fingerprint density at radius 3 is 2.11 bits per heavy atom. The van der Waals surface area contributed by atoms with Crippen molar-refractivity contribution >= 4 is 27.5 Å². The molecule has 192 valence electrons. The molecule has 0 spiro atoms. The zero-order valence-corrected chi connectivity index (χ0v) is 22.0. The van der Waals surface area contributed by atoms with Crippen LogP contribution < -0.4 is 9.62 Å². The van der Waals surface area contributed by atoms with E-state index in [-0.39, 0.29) is 24.8 Å². The molecule has 0 bridgehead atoms. The van der Waals surface area contributed by atoms with Gasteiger partial charge >= 0.3 is 0 Å². The Hall–Kier alpha value is -2.87. The predicted molar refractivity (Wildman–Crippen MR) is 142 cm³/mol. The molecule has 0 aliphatic heterocycles. The first-order valence-corrected chi connectivity index (χ1v) is 14.3. The van der Waals surface area contributed by atoms with Gasteiger partial charge in [-0.05, 0) is 43.4 Å². The normalized spacial score (nSPS) is 12.1. The van der Waals surface area contributed by atoms with Gasteiger partial charge in [-0.1, -0.05) is 68.8 Å². The average Bonchev–Trinajstić information content (AvgIpc) is 2.84. The van der Waals surface area contributed by atoms with Crippen molar-refractivity contribution in [3.05, 3.63) is 66.2 Å². The van der Waals surface area contributed by atoms with Crippen LogP contribution in [0.15, 0.2) is 60.7 Å². The molecule has 7 nitrogen and oxygen atoms in total. The van der Waals surface area contributed by atoms with E-state index in [4.69, 9.17) is 0 Å². The summed E-state index contributed by atoms with van der Waals surface area (Å²) in [5.74, 6) is -0.274. The fraction of sp³-hybridized carbons (Fsp3) is 0.481. The molecular weight excluding hydrogens is 462 g/mol. The number of nitrogens with zero attached hydrogens (tertiary/aromatic N) is 2. The van der Waals surface area contributed by atoms with Crippen LogP contribution in [0.4, 0.5) is 5.69 Å². The minimum Gasteiger partial charge on any atom is -0.354 e. The monoisotopic (exact) mass is 501 g/mol. The standard InChI is InChI=1S/C27H39N3O4S/c1-4-6-20-28-27(32)25(5-2)29(22-19-23-14-9-7-10-15-23)26(31)18-13-21-30(35(3,33)34)24-16-11-8-12-17-24/h7-12,14-17,25H,4-6,13,18-22H2,1-3H3,(H,28,32)/t25-/m1/s1. The molecule has 0 fully saturated rings. The fourth-order valence-electron chi connectivity index (χ4n) is 4.00. The molecule has 1 N–H and O–H groups in total. The van der Waals surface area contributed by atoms with Crippen LogP contribution in [0, 0.1) is 0 Å². The highest BCUT2D eigenvalue weighted by Crippen LogP contribution is 2.18. The van der Waals surface area contributed by atoms with Crippen molar-refractivity contribution in [3.63, 3.8) is 0 Å². The van der Waals surface area contributed by atoms with Gasteiger partial charge in [0.05, 0.1) is 11.9 Å². The summed E-state index contributed by atoms with van der Waals surface area (Å²) in [5.41, 5.74) is 1.67. The average molecular weight is 502 g/mol. The van der Waals surface area contributed by atoms with Crippen LogP contribution >= 0.6 is 0 Å². The smallest absolute Gasteiger partial charge is 0.242 e. The molecule has 2 aromatic rings. The molecule has 2 amide bonds. The van der Waals surface area contributed by atoms with Crippen LogP contribution in [-0.4, -0.2) is 57.1 Å². The lowest BCUT2D eigenvalue weighted by Crippen LogP contribution is -2.50. The fourth-order valence-corrected chi connectivity index (χ4v) is 4.97. The van der Waals surface area contributed by atoms with E-state index in [0.717, 1.165) is 18.4 Å². The Bertz CT molecular complexity index is 1010. The zero-order valence-electron chi connectivity index (χ0n) is 21.2. The van der Waals surface area contributed by atoms with Crippen molar-refractivity contribution in [1.82, 2.24) is 10.2 Å². The van der Waals surface area contributed by atoms with Crippen molar-refractivity contribution < 1.29 is 18.0 Å². The highest BCUT2D eigenvalue weighted by atomic mass is 32.2. The van der Waals surface area contributed by atoms with Gasteiger partial charge in [0.15, 0.2) is 0 Å². The van der Waals surface area contributed by atoms with Gasteiger partial charge in [0.2, 0.25) is 21.8 Å². The van der Waals surface area contributed by atoms with Crippen LogP contribution in [0.2, 0.25) is 0 Å². The lowest BCUT2D eigenvalue weighted by atomic mass is 10.1. The molecule has 0 radical (unpaired) electrons. The van der Waals surface area contributed by atoms with Gasteiger partial charge in [-0.3, -0.25) is 13.9 Å². The van der Waals surface area contributed by atoms with Gasteiger partial charge in [0.1, 0.15) is 6.04 Å². The van der Waals surface area contributed by atoms with Crippen LogP contribution in [0.3, 0.4) is 0 Å². The maximum atomic E-state index is 13.3. The number of para-hydroxylation sites is 1. The minimum absolute atomic E-state index is 0.135. The van der Waals surface area contributed by atoms with E-state index in [2.05, 4.69) is 12.2 Å². The van der Waals surface area contributed by atoms with Gasteiger partial charge in [0, 0.05) is 26.1 Å². The molecule has 2 aromatic carbocycles. The van der Waals surface area contributed by atoms with Crippen molar-refractivity contribution in [2.75, 3.05) is 30.2 Å². The Morgan fingerprint density at radius 1 is 0.914 bits per heavy atom. The Kier molecular flexibility index (Phi) is 11.8. The molecule has 0 saturated carbocycles. The lowest BCUT2D eigenvalue weighted by molar-refractivity contribution is -0.140. The topological polar surface area (TPSA) is 86.8 Å². The van der Waals surface area contributed by atoms with Crippen LogP contribution in [0.1, 0.15) is 51.5 Å². The predicted octanol–water partition coefficient (Wildman–Crippen LogP) is 4.00. The van der Waals surface area contributed by atoms with E-state index in [1.165, 1.54) is 10.6 Å². The molecular formula is C27H39N3O4S. The van der Waals surface area contributed by atoms with E-state index in [9.17, 15) is 18.0 Å². The molecule has 2 rings (SSSR count). The number of hydrogen-bond acceptors (Lipinski definition) is 4. The molecule has 0 aliphatic carbocycles. The van der Waals surface area contributed by atoms with E-state index < -0.39 is 16.1 Å².